The second-order valence-corrected chi connectivity index (χ2v) is 5.90. The van der Waals surface area contributed by atoms with Crippen LogP contribution in [0.4, 0.5) is 0 Å². The van der Waals surface area contributed by atoms with Gasteiger partial charge in [0.15, 0.2) is 5.85 Å². The van der Waals surface area contributed by atoms with E-state index in [1.807, 2.05) is 0 Å². The largest absolute Gasteiger partial charge is 0.478 e. The van der Waals surface area contributed by atoms with Gasteiger partial charge < -0.3 is 34.9 Å². The van der Waals surface area contributed by atoms with Crippen molar-refractivity contribution in [1.29, 1.82) is 0 Å². The number of hydrogen-bond acceptors (Lipinski definition) is 6. The molecule has 0 amide bonds. The Morgan fingerprint density at radius 1 is 1.47 bits per heavy atom. The molecule has 0 aliphatic heterocycles. The molecule has 0 radical (unpaired) electrons. The Morgan fingerprint density at radius 2 is 2.05 bits per heavy atom. The second kappa shape index (κ2) is 6.10. The van der Waals surface area contributed by atoms with Crippen molar-refractivity contribution in [2.45, 2.75) is 30.6 Å². The first-order valence-electron chi connectivity index (χ1n) is 5.28. The first-order chi connectivity index (χ1) is 8.62. The highest BCUT2D eigenvalue weighted by atomic mass is 31.2. The predicted octanol–water partition coefficient (Wildman–Crippen LogP) is -2.00. The Balaban J connectivity index is 2.72. The lowest BCUT2D eigenvalue weighted by molar-refractivity contribution is -0.135. The fraction of sp³-hybridized carbons (Fsp3) is 0.667. The molecule has 0 saturated heterocycles. The molecule has 0 aromatic heterocycles. The third-order valence-electron chi connectivity index (χ3n) is 2.63. The number of aliphatic hydroxyl groups is 3. The van der Waals surface area contributed by atoms with E-state index in [2.05, 4.69) is 0 Å². The maximum Gasteiger partial charge on any atom is 0.356 e. The lowest BCUT2D eigenvalue weighted by Crippen LogP contribution is -2.43. The Kier molecular flexibility index (Phi) is 5.22. The summed E-state index contributed by atoms with van der Waals surface area (Å²) < 4.78 is 15.5. The summed E-state index contributed by atoms with van der Waals surface area (Å²) >= 11 is 0. The van der Waals surface area contributed by atoms with E-state index < -0.39 is 44.3 Å². The van der Waals surface area contributed by atoms with Gasteiger partial charge in [-0.05, 0) is 6.08 Å². The predicted molar refractivity (Wildman–Crippen MR) is 60.1 cm³/mol. The van der Waals surface area contributed by atoms with Crippen LogP contribution in [0, 0.1) is 0 Å². The molecular weight excluding hydrogens is 283 g/mol. The Bertz CT molecular complexity index is 414. The molecule has 0 saturated carbocycles. The summed E-state index contributed by atoms with van der Waals surface area (Å²) in [5.74, 6) is -3.38. The normalized spacial score (nSPS) is 29.7. The smallest absolute Gasteiger partial charge is 0.356 e. The minimum absolute atomic E-state index is 0.187. The zero-order chi connectivity index (χ0) is 14.8. The second-order valence-electron chi connectivity index (χ2n) is 4.13. The standard InChI is InChI=1S/C9H15O9P/c10-5-1-4(9(13)14)2-6(8(5)12)18-3-7(11)19(15,16)17/h2,5-8,10-12H,1,3H2,(H,13,14)(H2,15,16,17). The highest BCUT2D eigenvalue weighted by molar-refractivity contribution is 7.52. The van der Waals surface area contributed by atoms with E-state index in [9.17, 15) is 19.6 Å². The Hall–Kier alpha value is -0.800. The topological polar surface area (TPSA) is 165 Å². The lowest BCUT2D eigenvalue weighted by atomic mass is 9.92. The van der Waals surface area contributed by atoms with E-state index in [0.717, 1.165) is 6.08 Å². The van der Waals surface area contributed by atoms with Crippen LogP contribution in [0.2, 0.25) is 0 Å². The molecule has 0 bridgehead atoms. The highest BCUT2D eigenvalue weighted by Gasteiger charge is 2.35. The number of aliphatic hydroxyl groups excluding tert-OH is 3. The lowest BCUT2D eigenvalue weighted by Gasteiger charge is -2.30. The van der Waals surface area contributed by atoms with Crippen molar-refractivity contribution < 1.29 is 44.3 Å². The molecule has 0 fully saturated rings. The molecule has 0 aromatic carbocycles. The molecular formula is C9H15O9P. The van der Waals surface area contributed by atoms with Gasteiger partial charge in [-0.3, -0.25) is 4.57 Å². The van der Waals surface area contributed by atoms with Gasteiger partial charge in [0.25, 0.3) is 0 Å². The summed E-state index contributed by atoms with van der Waals surface area (Å²) in [6.45, 7) is -0.803. The molecule has 6 N–H and O–H groups in total. The highest BCUT2D eigenvalue weighted by Crippen LogP contribution is 2.39. The van der Waals surface area contributed by atoms with E-state index in [-0.39, 0.29) is 12.0 Å². The summed E-state index contributed by atoms with van der Waals surface area (Å²) in [5, 5.41) is 36.9. The van der Waals surface area contributed by atoms with Gasteiger partial charge in [-0.15, -0.1) is 0 Å². The minimum Gasteiger partial charge on any atom is -0.478 e. The van der Waals surface area contributed by atoms with Gasteiger partial charge in [0.2, 0.25) is 0 Å². The fourth-order valence-corrected chi connectivity index (χ4v) is 1.81. The number of carbonyl (C=O) groups is 1. The first kappa shape index (κ1) is 16.3. The summed E-state index contributed by atoms with van der Waals surface area (Å²) in [4.78, 5) is 28.0. The van der Waals surface area contributed by atoms with Crippen LogP contribution in [-0.4, -0.2) is 66.9 Å². The number of hydrogen-bond donors (Lipinski definition) is 6. The van der Waals surface area contributed by atoms with Crippen LogP contribution >= 0.6 is 7.60 Å². The number of ether oxygens (including phenoxy) is 1. The van der Waals surface area contributed by atoms with Crippen molar-refractivity contribution in [3.05, 3.63) is 11.6 Å². The molecule has 1 aliphatic rings. The quantitative estimate of drug-likeness (QED) is 0.315. The average Bonchev–Trinajstić information content (AvgIpc) is 2.28. The fourth-order valence-electron chi connectivity index (χ4n) is 1.53. The van der Waals surface area contributed by atoms with Crippen LogP contribution in [0.15, 0.2) is 11.6 Å². The summed E-state index contributed by atoms with van der Waals surface area (Å²) in [6, 6.07) is 0. The summed E-state index contributed by atoms with van der Waals surface area (Å²) in [5.41, 5.74) is -0.187. The van der Waals surface area contributed by atoms with E-state index in [1.54, 1.807) is 0 Å². The van der Waals surface area contributed by atoms with Crippen LogP contribution in [0.3, 0.4) is 0 Å². The van der Waals surface area contributed by atoms with E-state index in [1.165, 1.54) is 0 Å². The maximum atomic E-state index is 10.8. The van der Waals surface area contributed by atoms with Crippen LogP contribution in [0.25, 0.3) is 0 Å². The monoisotopic (exact) mass is 298 g/mol. The van der Waals surface area contributed by atoms with Crippen molar-refractivity contribution in [2.24, 2.45) is 0 Å². The van der Waals surface area contributed by atoms with E-state index >= 15 is 0 Å². The molecule has 4 atom stereocenters. The van der Waals surface area contributed by atoms with Crippen LogP contribution in [0.5, 0.6) is 0 Å². The van der Waals surface area contributed by atoms with Gasteiger partial charge in [0, 0.05) is 12.0 Å². The summed E-state index contributed by atoms with van der Waals surface area (Å²) in [6.07, 6.45) is -3.31. The molecule has 19 heavy (non-hydrogen) atoms. The van der Waals surface area contributed by atoms with Gasteiger partial charge >= 0.3 is 13.6 Å². The van der Waals surface area contributed by atoms with Crippen molar-refractivity contribution in [2.75, 3.05) is 6.61 Å². The molecule has 1 aliphatic carbocycles. The molecule has 0 spiro atoms. The SMILES string of the molecule is O=C(O)C1=CC(OCC(O)P(=O)(O)O)C(O)C(O)C1. The third kappa shape index (κ3) is 4.36. The van der Waals surface area contributed by atoms with Crippen molar-refractivity contribution in [3.8, 4) is 0 Å². The van der Waals surface area contributed by atoms with Gasteiger partial charge in [-0.1, -0.05) is 0 Å². The molecule has 110 valence electrons. The first-order valence-corrected chi connectivity index (χ1v) is 6.96. The van der Waals surface area contributed by atoms with Crippen LogP contribution < -0.4 is 0 Å². The van der Waals surface area contributed by atoms with Crippen LogP contribution in [0.1, 0.15) is 6.42 Å². The molecule has 0 heterocycles. The molecule has 1 rings (SSSR count). The number of aliphatic carboxylic acids is 1. The number of carboxylic acids is 1. The summed E-state index contributed by atoms with van der Waals surface area (Å²) in [7, 11) is -4.74. The van der Waals surface area contributed by atoms with E-state index in [4.69, 9.17) is 24.7 Å². The van der Waals surface area contributed by atoms with Crippen molar-refractivity contribution in [3.63, 3.8) is 0 Å². The molecule has 0 aromatic rings. The average molecular weight is 298 g/mol. The molecule has 4 unspecified atom stereocenters. The Morgan fingerprint density at radius 3 is 2.53 bits per heavy atom. The van der Waals surface area contributed by atoms with Crippen molar-refractivity contribution >= 4 is 13.6 Å². The Labute approximate surface area is 107 Å². The van der Waals surface area contributed by atoms with Crippen molar-refractivity contribution in [1.82, 2.24) is 0 Å². The van der Waals surface area contributed by atoms with Gasteiger partial charge in [0.05, 0.1) is 12.7 Å². The zero-order valence-electron chi connectivity index (χ0n) is 9.66. The van der Waals surface area contributed by atoms with Gasteiger partial charge in [-0.2, -0.15) is 0 Å². The zero-order valence-corrected chi connectivity index (χ0v) is 10.6. The maximum absolute atomic E-state index is 10.8. The third-order valence-corrected chi connectivity index (χ3v) is 3.55. The van der Waals surface area contributed by atoms with Gasteiger partial charge in [-0.25, -0.2) is 4.79 Å². The number of rotatable bonds is 5. The van der Waals surface area contributed by atoms with E-state index in [0.29, 0.717) is 0 Å². The number of carboxylic acid groups (broad SMARTS) is 1. The molecule has 9 nitrogen and oxygen atoms in total. The minimum atomic E-state index is -4.74. The van der Waals surface area contributed by atoms with Crippen LogP contribution in [-0.2, 0) is 14.1 Å². The van der Waals surface area contributed by atoms with Gasteiger partial charge in [0.1, 0.15) is 12.2 Å². The molecule has 10 heteroatoms.